The maximum absolute atomic E-state index is 13.8. The molecular weight excluding hydrogens is 422 g/mol. The van der Waals surface area contributed by atoms with E-state index in [2.05, 4.69) is 28.4 Å². The van der Waals surface area contributed by atoms with Gasteiger partial charge < -0.3 is 14.4 Å². The SMILES string of the molecule is CC(C)n1cnc([C@H]2CN(C(=O)c3cccs3)C[C@]23CCN(Cc2cccnc2)C3=O)c1. The minimum absolute atomic E-state index is 0.00340. The standard InChI is InChI=1S/C24H27N5O2S/c1-17(2)29-14-20(26-16-29)19-13-28(22(30)21-6-4-10-32-21)15-24(19)7-9-27(23(24)31)12-18-5-3-8-25-11-18/h3-6,8,10-11,14,16-17,19H,7,9,12-13,15H2,1-2H3/t19-,24-/m1/s1. The Morgan fingerprint density at radius 2 is 2.19 bits per heavy atom. The molecule has 3 aromatic rings. The van der Waals surface area contributed by atoms with Crippen LogP contribution < -0.4 is 0 Å². The monoisotopic (exact) mass is 449 g/mol. The molecule has 0 radical (unpaired) electrons. The average molecular weight is 450 g/mol. The van der Waals surface area contributed by atoms with E-state index in [1.807, 2.05) is 52.0 Å². The van der Waals surface area contributed by atoms with Gasteiger partial charge in [-0.05, 0) is 43.3 Å². The Hall–Kier alpha value is -3.00. The van der Waals surface area contributed by atoms with Crippen molar-refractivity contribution < 1.29 is 9.59 Å². The van der Waals surface area contributed by atoms with Crippen LogP contribution in [0.25, 0.3) is 0 Å². The van der Waals surface area contributed by atoms with Crippen molar-refractivity contribution in [1.82, 2.24) is 24.3 Å². The third-order valence-electron chi connectivity index (χ3n) is 6.77. The number of imidazole rings is 1. The molecule has 2 aliphatic heterocycles. The van der Waals surface area contributed by atoms with Crippen molar-refractivity contribution in [1.29, 1.82) is 0 Å². The topological polar surface area (TPSA) is 71.3 Å². The van der Waals surface area contributed by atoms with Crippen molar-refractivity contribution in [3.63, 3.8) is 0 Å². The summed E-state index contributed by atoms with van der Waals surface area (Å²) >= 11 is 1.44. The van der Waals surface area contributed by atoms with Gasteiger partial charge in [-0.15, -0.1) is 11.3 Å². The average Bonchev–Trinajstić information content (AvgIpc) is 3.58. The van der Waals surface area contributed by atoms with Crippen LogP contribution in [0.1, 0.15) is 53.2 Å². The summed E-state index contributed by atoms with van der Waals surface area (Å²) < 4.78 is 2.07. The summed E-state index contributed by atoms with van der Waals surface area (Å²) in [4.78, 5) is 40.4. The number of carbonyl (C=O) groups is 2. The first-order valence-corrected chi connectivity index (χ1v) is 11.9. The molecule has 0 saturated carbocycles. The van der Waals surface area contributed by atoms with Gasteiger partial charge in [0, 0.05) is 56.7 Å². The van der Waals surface area contributed by atoms with E-state index in [0.29, 0.717) is 37.1 Å². The molecule has 3 aromatic heterocycles. The summed E-state index contributed by atoms with van der Waals surface area (Å²) in [7, 11) is 0. The van der Waals surface area contributed by atoms with E-state index in [-0.39, 0.29) is 17.7 Å². The van der Waals surface area contributed by atoms with Crippen LogP contribution in [0.4, 0.5) is 0 Å². The predicted molar refractivity (Wildman–Crippen MR) is 122 cm³/mol. The molecule has 0 N–H and O–H groups in total. The molecular formula is C24H27N5O2S. The number of likely N-dealkylation sites (tertiary alicyclic amines) is 2. The molecule has 0 aromatic carbocycles. The first kappa shape index (κ1) is 20.9. The fourth-order valence-electron chi connectivity index (χ4n) is 5.00. The highest BCUT2D eigenvalue weighted by Crippen LogP contribution is 2.50. The molecule has 2 atom stereocenters. The maximum Gasteiger partial charge on any atom is 0.263 e. The molecule has 7 nitrogen and oxygen atoms in total. The van der Waals surface area contributed by atoms with Crippen molar-refractivity contribution in [3.05, 3.63) is 70.7 Å². The summed E-state index contributed by atoms with van der Waals surface area (Å²) in [6.07, 6.45) is 8.15. The predicted octanol–water partition coefficient (Wildman–Crippen LogP) is 3.58. The third-order valence-corrected chi connectivity index (χ3v) is 7.63. The van der Waals surface area contributed by atoms with E-state index < -0.39 is 5.41 Å². The van der Waals surface area contributed by atoms with Crippen LogP contribution >= 0.6 is 11.3 Å². The Bertz CT molecular complexity index is 1110. The second kappa shape index (κ2) is 8.16. The lowest BCUT2D eigenvalue weighted by atomic mass is 9.75. The summed E-state index contributed by atoms with van der Waals surface area (Å²) in [6, 6.07) is 7.92. The van der Waals surface area contributed by atoms with Gasteiger partial charge in [-0.1, -0.05) is 12.1 Å². The van der Waals surface area contributed by atoms with E-state index in [4.69, 9.17) is 0 Å². The molecule has 32 heavy (non-hydrogen) atoms. The highest BCUT2D eigenvalue weighted by atomic mass is 32.1. The van der Waals surface area contributed by atoms with Gasteiger partial charge in [-0.25, -0.2) is 4.98 Å². The summed E-state index contributed by atoms with van der Waals surface area (Å²) in [5.41, 5.74) is 1.28. The first-order valence-electron chi connectivity index (χ1n) is 11.0. The summed E-state index contributed by atoms with van der Waals surface area (Å²) in [6.45, 7) is 6.39. The fourth-order valence-corrected chi connectivity index (χ4v) is 5.69. The number of carbonyl (C=O) groups excluding carboxylic acids is 2. The number of hydrogen-bond acceptors (Lipinski definition) is 5. The molecule has 8 heteroatoms. The molecule has 5 heterocycles. The smallest absolute Gasteiger partial charge is 0.263 e. The quantitative estimate of drug-likeness (QED) is 0.597. The molecule has 2 amide bonds. The number of amides is 2. The van der Waals surface area contributed by atoms with Crippen LogP contribution in [0.2, 0.25) is 0 Å². The Balaban J connectivity index is 1.47. The number of rotatable bonds is 5. The van der Waals surface area contributed by atoms with Crippen LogP contribution in [0.15, 0.2) is 54.6 Å². The van der Waals surface area contributed by atoms with Crippen LogP contribution in [-0.2, 0) is 11.3 Å². The van der Waals surface area contributed by atoms with Crippen molar-refractivity contribution in [2.75, 3.05) is 19.6 Å². The van der Waals surface area contributed by atoms with E-state index >= 15 is 0 Å². The van der Waals surface area contributed by atoms with Gasteiger partial charge in [0.1, 0.15) is 0 Å². The second-order valence-electron chi connectivity index (χ2n) is 9.05. The highest BCUT2D eigenvalue weighted by molar-refractivity contribution is 7.12. The molecule has 0 unspecified atom stereocenters. The van der Waals surface area contributed by atoms with E-state index in [0.717, 1.165) is 17.7 Å². The number of aromatic nitrogens is 3. The van der Waals surface area contributed by atoms with Gasteiger partial charge in [-0.3, -0.25) is 14.6 Å². The van der Waals surface area contributed by atoms with Crippen LogP contribution in [0, 0.1) is 5.41 Å². The normalized spacial score (nSPS) is 23.1. The van der Waals surface area contributed by atoms with E-state index in [1.165, 1.54) is 11.3 Å². The zero-order chi connectivity index (χ0) is 22.3. The minimum Gasteiger partial charge on any atom is -0.338 e. The number of hydrogen-bond donors (Lipinski definition) is 0. The second-order valence-corrected chi connectivity index (χ2v) is 10.00. The Morgan fingerprint density at radius 1 is 1.31 bits per heavy atom. The number of thiophene rings is 1. The Morgan fingerprint density at radius 3 is 2.88 bits per heavy atom. The molecule has 2 saturated heterocycles. The third kappa shape index (κ3) is 3.52. The Labute approximate surface area is 191 Å². The summed E-state index contributed by atoms with van der Waals surface area (Å²) in [5.74, 6) is 0.00779. The molecule has 2 aliphatic rings. The molecule has 1 spiro atoms. The van der Waals surface area contributed by atoms with Gasteiger partial charge in [0.25, 0.3) is 5.91 Å². The van der Waals surface area contributed by atoms with Crippen LogP contribution in [-0.4, -0.2) is 55.8 Å². The molecule has 2 fully saturated rings. The van der Waals surface area contributed by atoms with E-state index in [9.17, 15) is 9.59 Å². The lowest BCUT2D eigenvalue weighted by Crippen LogP contribution is -2.40. The summed E-state index contributed by atoms with van der Waals surface area (Å²) in [5, 5.41) is 1.91. The van der Waals surface area contributed by atoms with E-state index in [1.54, 1.807) is 12.4 Å². The zero-order valence-corrected chi connectivity index (χ0v) is 19.2. The first-order chi connectivity index (χ1) is 15.5. The van der Waals surface area contributed by atoms with Gasteiger partial charge in [0.2, 0.25) is 5.91 Å². The van der Waals surface area contributed by atoms with Crippen molar-refractivity contribution >= 4 is 23.2 Å². The molecule has 166 valence electrons. The molecule has 0 bridgehead atoms. The van der Waals surface area contributed by atoms with Crippen molar-refractivity contribution in [3.8, 4) is 0 Å². The van der Waals surface area contributed by atoms with Gasteiger partial charge in [-0.2, -0.15) is 0 Å². The number of pyridine rings is 1. The maximum atomic E-state index is 13.8. The van der Waals surface area contributed by atoms with Crippen molar-refractivity contribution in [2.45, 2.75) is 38.8 Å². The lowest BCUT2D eigenvalue weighted by molar-refractivity contribution is -0.136. The number of nitrogens with zero attached hydrogens (tertiary/aromatic N) is 5. The lowest BCUT2D eigenvalue weighted by Gasteiger charge is -2.27. The fraction of sp³-hybridized carbons (Fsp3) is 0.417. The van der Waals surface area contributed by atoms with Gasteiger partial charge in [0.05, 0.1) is 22.3 Å². The molecule has 5 rings (SSSR count). The van der Waals surface area contributed by atoms with Crippen LogP contribution in [0.5, 0.6) is 0 Å². The van der Waals surface area contributed by atoms with Gasteiger partial charge >= 0.3 is 0 Å². The van der Waals surface area contributed by atoms with Gasteiger partial charge in [0.15, 0.2) is 0 Å². The minimum atomic E-state index is -0.634. The largest absolute Gasteiger partial charge is 0.338 e. The Kier molecular flexibility index (Phi) is 5.33. The highest BCUT2D eigenvalue weighted by Gasteiger charge is 2.58. The van der Waals surface area contributed by atoms with Crippen molar-refractivity contribution in [2.24, 2.45) is 5.41 Å². The zero-order valence-electron chi connectivity index (χ0n) is 18.3. The van der Waals surface area contributed by atoms with Crippen LogP contribution in [0.3, 0.4) is 0 Å². The molecule has 0 aliphatic carbocycles.